The van der Waals surface area contributed by atoms with Crippen LogP contribution in [0.25, 0.3) is 12.2 Å². The van der Waals surface area contributed by atoms with Gasteiger partial charge in [0.25, 0.3) is 11.2 Å². The summed E-state index contributed by atoms with van der Waals surface area (Å²) in [4.78, 5) is 0. The van der Waals surface area contributed by atoms with Crippen molar-refractivity contribution in [3.05, 3.63) is 59.8 Å². The van der Waals surface area contributed by atoms with Crippen molar-refractivity contribution in [3.63, 3.8) is 0 Å². The molecule has 0 aliphatic heterocycles. The van der Waals surface area contributed by atoms with E-state index in [2.05, 4.69) is 11.9 Å². The van der Waals surface area contributed by atoms with E-state index < -0.39 is 0 Å². The second-order valence-corrected chi connectivity index (χ2v) is 3.50. The zero-order chi connectivity index (χ0) is 12.1. The molecule has 0 spiro atoms. The van der Waals surface area contributed by atoms with E-state index in [0.29, 0.717) is 12.2 Å². The van der Waals surface area contributed by atoms with Gasteiger partial charge in [-0.05, 0) is 17.7 Å². The first-order valence-corrected chi connectivity index (χ1v) is 5.26. The summed E-state index contributed by atoms with van der Waals surface area (Å²) in [6.45, 7) is 4.16. The maximum atomic E-state index is 7.60. The second kappa shape index (κ2) is 5.12. The van der Waals surface area contributed by atoms with Gasteiger partial charge in [-0.2, -0.15) is 0 Å². The number of allylic oxidation sites excluding steroid dienone is 1. The van der Waals surface area contributed by atoms with Crippen molar-refractivity contribution in [3.8, 4) is 0 Å². The molecule has 0 atom stereocenters. The van der Waals surface area contributed by atoms with Crippen molar-refractivity contribution in [2.45, 2.75) is 6.54 Å². The van der Waals surface area contributed by atoms with E-state index in [9.17, 15) is 0 Å². The molecule has 1 N–H and O–H groups in total. The average molecular weight is 227 g/mol. The van der Waals surface area contributed by atoms with Gasteiger partial charge >= 0.3 is 0 Å². The van der Waals surface area contributed by atoms with Crippen LogP contribution in [0.15, 0.2) is 47.5 Å². The molecule has 0 aliphatic rings. The molecule has 0 saturated carbocycles. The average Bonchev–Trinajstić information content (AvgIpc) is 2.70. The molecule has 0 radical (unpaired) electrons. The third kappa shape index (κ3) is 2.60. The first kappa shape index (κ1) is 11.1. The molecule has 1 aromatic carbocycles. The summed E-state index contributed by atoms with van der Waals surface area (Å²) in [6, 6.07) is 9.88. The van der Waals surface area contributed by atoms with Gasteiger partial charge in [-0.3, -0.25) is 10.7 Å². The topological polar surface area (TPSA) is 55.0 Å². The van der Waals surface area contributed by atoms with Gasteiger partial charge in [0.05, 0.1) is 0 Å². The maximum Gasteiger partial charge on any atom is 0.273 e. The monoisotopic (exact) mass is 227 g/mol. The highest BCUT2D eigenvalue weighted by molar-refractivity contribution is 5.66. The lowest BCUT2D eigenvalue weighted by molar-refractivity contribution is -0.760. The molecule has 2 rings (SSSR count). The quantitative estimate of drug-likeness (QED) is 0.633. The molecule has 1 heterocycles. The predicted octanol–water partition coefficient (Wildman–Crippen LogP) is 1.36. The molecule has 2 aromatic rings. The summed E-state index contributed by atoms with van der Waals surface area (Å²) < 4.78 is 6.41. The van der Waals surface area contributed by atoms with Gasteiger partial charge in [0.2, 0.25) is 0 Å². The van der Waals surface area contributed by atoms with Crippen LogP contribution in [0.2, 0.25) is 0 Å². The Morgan fingerprint density at radius 2 is 2.06 bits per heavy atom. The normalized spacial score (nSPS) is 10.8. The summed E-state index contributed by atoms with van der Waals surface area (Å²) >= 11 is 0. The second-order valence-electron chi connectivity index (χ2n) is 3.50. The third-order valence-corrected chi connectivity index (χ3v) is 2.28. The third-order valence-electron chi connectivity index (χ3n) is 2.28. The number of hydrogen-bond acceptors (Lipinski definition) is 2. The number of hydrogen-bond donors (Lipinski definition) is 1. The van der Waals surface area contributed by atoms with Crippen LogP contribution in [0.1, 0.15) is 11.3 Å². The Balaban J connectivity index is 2.29. The number of benzene rings is 1. The van der Waals surface area contributed by atoms with E-state index in [1.165, 1.54) is 0 Å². The molecule has 4 heteroatoms. The minimum Gasteiger partial charge on any atom is -0.487 e. The van der Waals surface area contributed by atoms with Crippen LogP contribution < -0.4 is 15.5 Å². The van der Waals surface area contributed by atoms with Crippen molar-refractivity contribution in [2.24, 2.45) is 0 Å². The van der Waals surface area contributed by atoms with Gasteiger partial charge in [0.1, 0.15) is 0 Å². The Bertz CT molecular complexity index is 578. The summed E-state index contributed by atoms with van der Waals surface area (Å²) in [7, 11) is 0. The minimum atomic E-state index is 0.0547. The Morgan fingerprint density at radius 3 is 2.76 bits per heavy atom. The first-order valence-electron chi connectivity index (χ1n) is 5.26. The minimum absolute atomic E-state index is 0.0547. The fourth-order valence-electron chi connectivity index (χ4n) is 1.45. The lowest BCUT2D eigenvalue weighted by atomic mass is 10.2. The Hall–Kier alpha value is -2.36. The first-order chi connectivity index (χ1) is 8.31. The number of rotatable bonds is 4. The zero-order valence-electron chi connectivity index (χ0n) is 9.34. The van der Waals surface area contributed by atoms with Crippen molar-refractivity contribution >= 4 is 12.2 Å². The van der Waals surface area contributed by atoms with E-state index in [1.807, 2.05) is 42.5 Å². The lowest BCUT2D eigenvalue weighted by Crippen LogP contribution is -2.40. The molecule has 0 saturated heterocycles. The smallest absolute Gasteiger partial charge is 0.273 e. The van der Waals surface area contributed by atoms with Gasteiger partial charge < -0.3 is 4.52 Å². The highest BCUT2D eigenvalue weighted by atomic mass is 16.5. The molecule has 0 aliphatic carbocycles. The Morgan fingerprint density at radius 1 is 1.29 bits per heavy atom. The van der Waals surface area contributed by atoms with Crippen LogP contribution in [0.4, 0.5) is 0 Å². The van der Waals surface area contributed by atoms with E-state index in [-0.39, 0.29) is 5.55 Å². The molecule has 0 fully saturated rings. The predicted molar refractivity (Wildman–Crippen MR) is 63.6 cm³/mol. The molecule has 0 amide bonds. The van der Waals surface area contributed by atoms with Crippen molar-refractivity contribution < 1.29 is 9.20 Å². The van der Waals surface area contributed by atoms with Gasteiger partial charge in [0, 0.05) is 6.08 Å². The molecule has 17 heavy (non-hydrogen) atoms. The number of nitrogens with zero attached hydrogens (tertiary/aromatic N) is 2. The van der Waals surface area contributed by atoms with Gasteiger partial charge in [-0.25, -0.2) is 4.68 Å². The SMILES string of the molecule is C=CC[n+]1[n-]oc(=N)c1/C=C/c1ccccc1. The number of aromatic nitrogens is 2. The fraction of sp³-hybridized carbons (Fsp3) is 0.0769. The molecule has 0 bridgehead atoms. The van der Waals surface area contributed by atoms with Crippen LogP contribution in [-0.4, -0.2) is 0 Å². The van der Waals surface area contributed by atoms with Crippen LogP contribution in [0.5, 0.6) is 0 Å². The Kier molecular flexibility index (Phi) is 3.35. The van der Waals surface area contributed by atoms with Gasteiger partial charge in [0.15, 0.2) is 6.54 Å². The molecule has 0 unspecified atom stereocenters. The number of nitrogens with one attached hydrogen (secondary N) is 1. The van der Waals surface area contributed by atoms with Crippen LogP contribution >= 0.6 is 0 Å². The van der Waals surface area contributed by atoms with Gasteiger partial charge in [-0.15, -0.1) is 0 Å². The zero-order valence-corrected chi connectivity index (χ0v) is 9.34. The highest BCUT2D eigenvalue weighted by Crippen LogP contribution is 2.02. The molecular formula is C13H13N3O. The van der Waals surface area contributed by atoms with Crippen molar-refractivity contribution in [1.82, 2.24) is 5.27 Å². The van der Waals surface area contributed by atoms with E-state index in [1.54, 1.807) is 10.8 Å². The highest BCUT2D eigenvalue weighted by Gasteiger charge is 2.05. The molecular weight excluding hydrogens is 214 g/mol. The lowest BCUT2D eigenvalue weighted by Gasteiger charge is -1.94. The Labute approximate surface area is 99.0 Å². The largest absolute Gasteiger partial charge is 0.487 e. The molecule has 1 aromatic heterocycles. The summed E-state index contributed by atoms with van der Waals surface area (Å²) in [5, 5.41) is 11.3. The van der Waals surface area contributed by atoms with Crippen molar-refractivity contribution in [2.75, 3.05) is 0 Å². The fourth-order valence-corrected chi connectivity index (χ4v) is 1.45. The van der Waals surface area contributed by atoms with Crippen molar-refractivity contribution in [1.29, 1.82) is 5.41 Å². The van der Waals surface area contributed by atoms with E-state index in [4.69, 9.17) is 9.93 Å². The maximum absolute atomic E-state index is 7.60. The van der Waals surface area contributed by atoms with Crippen LogP contribution in [0.3, 0.4) is 0 Å². The van der Waals surface area contributed by atoms with E-state index in [0.717, 1.165) is 5.56 Å². The van der Waals surface area contributed by atoms with E-state index >= 15 is 0 Å². The summed E-state index contributed by atoms with van der Waals surface area (Å²) in [5.74, 6) is 0. The van der Waals surface area contributed by atoms with Gasteiger partial charge in [-0.1, -0.05) is 36.9 Å². The summed E-state index contributed by atoms with van der Waals surface area (Å²) in [5.41, 5.74) is 1.76. The van der Waals surface area contributed by atoms with Crippen LogP contribution in [-0.2, 0) is 6.54 Å². The molecule has 4 nitrogen and oxygen atoms in total. The summed E-state index contributed by atoms with van der Waals surface area (Å²) in [6.07, 6.45) is 5.45. The standard InChI is InChI=1S/C13H13N3O/c1-2-10-16-12(13(14)17-15-16)9-8-11-6-4-3-5-7-11/h2-9,14H,1,10H2/b9-8+,14-13?. The molecule has 86 valence electrons. The van der Waals surface area contributed by atoms with Crippen LogP contribution in [0, 0.1) is 5.41 Å².